The fourth-order valence-corrected chi connectivity index (χ4v) is 6.93. The summed E-state index contributed by atoms with van der Waals surface area (Å²) in [6.07, 6.45) is 20.3. The number of nitrogens with zero attached hydrogens (tertiary/aromatic N) is 1. The number of sulfonamides is 1. The van der Waals surface area contributed by atoms with E-state index in [1.807, 2.05) is 18.4 Å². The Morgan fingerprint density at radius 3 is 2.60 bits per heavy atom. The average molecular weight is 541 g/mol. The van der Waals surface area contributed by atoms with Gasteiger partial charge in [-0.2, -0.15) is 8.42 Å². The number of piperidine rings is 1. The Balaban J connectivity index is 1.69. The molecule has 0 aromatic heterocycles. The van der Waals surface area contributed by atoms with Crippen molar-refractivity contribution in [1.29, 1.82) is 0 Å². The summed E-state index contributed by atoms with van der Waals surface area (Å²) in [5.74, 6) is 0.386. The van der Waals surface area contributed by atoms with Gasteiger partial charge in [0.25, 0.3) is 10.1 Å². The molecule has 0 aromatic carbocycles. The van der Waals surface area contributed by atoms with Crippen LogP contribution in [0.3, 0.4) is 0 Å². The summed E-state index contributed by atoms with van der Waals surface area (Å²) in [5.41, 5.74) is 5.88. The first-order valence-corrected chi connectivity index (χ1v) is 16.0. The van der Waals surface area contributed by atoms with Crippen LogP contribution in [0.5, 0.6) is 0 Å². The summed E-state index contributed by atoms with van der Waals surface area (Å²) in [5, 5.41) is 3.16. The second-order valence-electron chi connectivity index (χ2n) is 9.54. The number of rotatable bonds is 7. The molecular formula is C25H33ClN2O5S2. The molecule has 2 aliphatic carbocycles. The van der Waals surface area contributed by atoms with Gasteiger partial charge in [0.1, 0.15) is 0 Å². The van der Waals surface area contributed by atoms with Crippen LogP contribution in [0.25, 0.3) is 0 Å². The zero-order valence-electron chi connectivity index (χ0n) is 20.1. The summed E-state index contributed by atoms with van der Waals surface area (Å²) < 4.78 is 53.5. The molecule has 1 N–H and O–H groups in total. The minimum Gasteiger partial charge on any atom is -0.367 e. The number of hydrogen-bond acceptors (Lipinski definition) is 6. The SMILES string of the molecule is CS(=O)(=O)OCCCC1=CC2=CC=CNC=C2C(C2CCN(S(C)(=O)=O)CC2)C2=C1CC(Cl)C=C2. The summed E-state index contributed by atoms with van der Waals surface area (Å²) in [6, 6.07) is 0. The summed E-state index contributed by atoms with van der Waals surface area (Å²) in [7, 11) is -6.68. The highest BCUT2D eigenvalue weighted by atomic mass is 35.5. The minimum absolute atomic E-state index is 0.104. The van der Waals surface area contributed by atoms with Crippen molar-refractivity contribution in [2.75, 3.05) is 32.2 Å². The third-order valence-electron chi connectivity index (χ3n) is 6.99. The average Bonchev–Trinajstić information content (AvgIpc) is 3.07. The van der Waals surface area contributed by atoms with Crippen LogP contribution in [0.15, 0.2) is 70.6 Å². The van der Waals surface area contributed by atoms with Gasteiger partial charge in [-0.15, -0.1) is 11.6 Å². The van der Waals surface area contributed by atoms with Gasteiger partial charge in [0.15, 0.2) is 0 Å². The van der Waals surface area contributed by atoms with Crippen LogP contribution in [-0.2, 0) is 24.3 Å². The number of allylic oxidation sites excluding steroid dienone is 10. The van der Waals surface area contributed by atoms with Gasteiger partial charge < -0.3 is 5.32 Å². The van der Waals surface area contributed by atoms with E-state index in [9.17, 15) is 16.8 Å². The van der Waals surface area contributed by atoms with E-state index in [0.717, 1.165) is 30.2 Å². The van der Waals surface area contributed by atoms with Gasteiger partial charge in [0.05, 0.1) is 24.5 Å². The van der Waals surface area contributed by atoms with Crippen molar-refractivity contribution in [1.82, 2.24) is 9.62 Å². The zero-order chi connectivity index (χ0) is 25.2. The molecule has 0 bridgehead atoms. The third kappa shape index (κ3) is 6.57. The van der Waals surface area contributed by atoms with Crippen molar-refractivity contribution < 1.29 is 21.0 Å². The van der Waals surface area contributed by atoms with Crippen LogP contribution in [0.4, 0.5) is 0 Å². The van der Waals surface area contributed by atoms with Crippen LogP contribution in [0.2, 0.25) is 0 Å². The maximum absolute atomic E-state index is 12.1. The topological polar surface area (TPSA) is 92.8 Å². The smallest absolute Gasteiger partial charge is 0.264 e. The molecule has 10 heteroatoms. The monoisotopic (exact) mass is 540 g/mol. The number of halogens is 1. The number of hydrogen-bond donors (Lipinski definition) is 1. The van der Waals surface area contributed by atoms with Crippen molar-refractivity contribution in [2.45, 2.75) is 37.5 Å². The van der Waals surface area contributed by atoms with Crippen molar-refractivity contribution in [3.63, 3.8) is 0 Å². The van der Waals surface area contributed by atoms with Gasteiger partial charge in [-0.3, -0.25) is 4.18 Å². The minimum atomic E-state index is -3.48. The lowest BCUT2D eigenvalue weighted by molar-refractivity contribution is 0.243. The van der Waals surface area contributed by atoms with Crippen LogP contribution in [-0.4, -0.2) is 58.7 Å². The van der Waals surface area contributed by atoms with E-state index in [1.165, 1.54) is 23.0 Å². The Morgan fingerprint density at radius 2 is 1.91 bits per heavy atom. The molecule has 192 valence electrons. The highest BCUT2D eigenvalue weighted by Gasteiger charge is 2.37. The predicted molar refractivity (Wildman–Crippen MR) is 140 cm³/mol. The van der Waals surface area contributed by atoms with E-state index in [-0.39, 0.29) is 23.8 Å². The van der Waals surface area contributed by atoms with E-state index in [4.69, 9.17) is 15.8 Å². The number of alkyl halides is 1. The maximum Gasteiger partial charge on any atom is 0.264 e. The summed E-state index contributed by atoms with van der Waals surface area (Å²) in [6.45, 7) is 1.17. The summed E-state index contributed by atoms with van der Waals surface area (Å²) in [4.78, 5) is 0. The van der Waals surface area contributed by atoms with Gasteiger partial charge in [-0.05, 0) is 72.0 Å². The molecule has 0 radical (unpaired) electrons. The molecular weight excluding hydrogens is 508 g/mol. The highest BCUT2D eigenvalue weighted by molar-refractivity contribution is 7.88. The Labute approximate surface area is 214 Å². The molecule has 2 heterocycles. The molecule has 2 atom stereocenters. The molecule has 4 aliphatic rings. The molecule has 4 rings (SSSR count). The molecule has 35 heavy (non-hydrogen) atoms. The maximum atomic E-state index is 12.1. The molecule has 1 saturated heterocycles. The lowest BCUT2D eigenvalue weighted by atomic mass is 9.72. The van der Waals surface area contributed by atoms with Crippen molar-refractivity contribution >= 4 is 31.7 Å². The highest BCUT2D eigenvalue weighted by Crippen LogP contribution is 2.47. The van der Waals surface area contributed by atoms with Crippen molar-refractivity contribution in [3.8, 4) is 0 Å². The largest absolute Gasteiger partial charge is 0.367 e. The fraction of sp³-hybridized carbons (Fsp3) is 0.520. The Hall–Kier alpha value is -1.65. The standard InChI is InChI=1S/C25H33ClN2O5S2/c1-34(29,30)28-12-9-18(10-13-28)25-22-8-7-21(26)16-23(22)19(6-4-14-33-35(2,31)32)15-20-5-3-11-27-17-24(20)25/h3,5,7-8,11,15,17-18,21,25,27H,4,6,9-10,12-14,16H2,1-2H3. The van der Waals surface area contributed by atoms with E-state index in [0.29, 0.717) is 32.4 Å². The molecule has 0 saturated carbocycles. The van der Waals surface area contributed by atoms with E-state index in [1.54, 1.807) is 4.31 Å². The molecule has 0 amide bonds. The second-order valence-corrected chi connectivity index (χ2v) is 13.7. The molecule has 0 aromatic rings. The Bertz CT molecular complexity index is 1230. The first kappa shape index (κ1) is 26.4. The van der Waals surface area contributed by atoms with E-state index in [2.05, 4.69) is 29.7 Å². The van der Waals surface area contributed by atoms with Crippen LogP contribution in [0.1, 0.15) is 32.1 Å². The first-order valence-electron chi connectivity index (χ1n) is 11.9. The molecule has 7 nitrogen and oxygen atoms in total. The quantitative estimate of drug-likeness (QED) is 0.300. The van der Waals surface area contributed by atoms with Gasteiger partial charge in [-0.1, -0.05) is 24.3 Å². The van der Waals surface area contributed by atoms with Crippen LogP contribution in [0, 0.1) is 11.8 Å². The molecule has 2 unspecified atom stereocenters. The van der Waals surface area contributed by atoms with Crippen molar-refractivity contribution in [2.24, 2.45) is 11.8 Å². The van der Waals surface area contributed by atoms with Crippen LogP contribution < -0.4 is 5.32 Å². The predicted octanol–water partition coefficient (Wildman–Crippen LogP) is 3.76. The van der Waals surface area contributed by atoms with Gasteiger partial charge in [-0.25, -0.2) is 12.7 Å². The normalized spacial score (nSPS) is 26.1. The van der Waals surface area contributed by atoms with E-state index < -0.39 is 20.1 Å². The lowest BCUT2D eigenvalue weighted by Gasteiger charge is -2.38. The fourth-order valence-electron chi connectivity index (χ4n) is 5.41. The lowest BCUT2D eigenvalue weighted by Crippen LogP contribution is -2.40. The molecule has 2 aliphatic heterocycles. The number of nitrogens with one attached hydrogen (secondary N) is 1. The first-order chi connectivity index (χ1) is 16.5. The second kappa shape index (κ2) is 10.8. The van der Waals surface area contributed by atoms with Gasteiger partial charge >= 0.3 is 0 Å². The Kier molecular flexibility index (Phi) is 8.12. The summed E-state index contributed by atoms with van der Waals surface area (Å²) >= 11 is 6.58. The third-order valence-corrected chi connectivity index (χ3v) is 9.18. The Morgan fingerprint density at radius 1 is 1.17 bits per heavy atom. The molecule has 0 spiro atoms. The van der Waals surface area contributed by atoms with Crippen LogP contribution >= 0.6 is 11.6 Å². The van der Waals surface area contributed by atoms with Gasteiger partial charge in [0, 0.05) is 31.4 Å². The van der Waals surface area contributed by atoms with Crippen molar-refractivity contribution in [3.05, 3.63) is 70.6 Å². The number of fused-ring (bicyclic) bond motifs is 1. The van der Waals surface area contributed by atoms with Gasteiger partial charge in [0.2, 0.25) is 10.0 Å². The van der Waals surface area contributed by atoms with E-state index >= 15 is 0 Å². The zero-order valence-corrected chi connectivity index (χ0v) is 22.5. The molecule has 1 fully saturated rings.